The summed E-state index contributed by atoms with van der Waals surface area (Å²) in [6.45, 7) is 2.79. The second-order valence-corrected chi connectivity index (χ2v) is 8.47. The van der Waals surface area contributed by atoms with Gasteiger partial charge in [0.25, 0.3) is 0 Å². The Labute approximate surface area is 174 Å². The van der Waals surface area contributed by atoms with Crippen LogP contribution in [0.4, 0.5) is 4.39 Å². The third-order valence-electron chi connectivity index (χ3n) is 6.75. The summed E-state index contributed by atoms with van der Waals surface area (Å²) in [5, 5.41) is 5.08. The van der Waals surface area contributed by atoms with Crippen LogP contribution in [0, 0.1) is 5.82 Å². The summed E-state index contributed by atoms with van der Waals surface area (Å²) in [5.74, 6) is 0.105. The number of carbonyl (C=O) groups is 1. The van der Waals surface area contributed by atoms with Crippen molar-refractivity contribution in [2.24, 2.45) is 0 Å². The molecule has 2 fully saturated rings. The highest BCUT2D eigenvalue weighted by Crippen LogP contribution is 2.36. The van der Waals surface area contributed by atoms with E-state index in [1.165, 1.54) is 12.1 Å². The van der Waals surface area contributed by atoms with Crippen molar-refractivity contribution in [2.75, 3.05) is 26.3 Å². The minimum Gasteiger partial charge on any atom is -0.381 e. The highest BCUT2D eigenvalue weighted by molar-refractivity contribution is 5.80. The number of carbonyl (C=O) groups excluding carboxylic acids is 1. The van der Waals surface area contributed by atoms with E-state index in [-0.39, 0.29) is 23.2 Å². The predicted octanol–water partition coefficient (Wildman–Crippen LogP) is 4.07. The van der Waals surface area contributed by atoms with Crippen LogP contribution in [0.1, 0.15) is 43.7 Å². The van der Waals surface area contributed by atoms with Gasteiger partial charge in [-0.2, -0.15) is 0 Å². The largest absolute Gasteiger partial charge is 0.381 e. The molecule has 0 N–H and O–H groups in total. The Balaban J connectivity index is 1.26. The van der Waals surface area contributed by atoms with Crippen LogP contribution in [-0.2, 0) is 15.1 Å². The third-order valence-corrected chi connectivity index (χ3v) is 6.75. The first-order chi connectivity index (χ1) is 14.6. The molecular formula is C23H26FN3O3. The van der Waals surface area contributed by atoms with Crippen LogP contribution in [0.2, 0.25) is 0 Å². The molecule has 0 unspecified atom stereocenters. The normalized spacial score (nSPS) is 20.0. The van der Waals surface area contributed by atoms with Crippen molar-refractivity contribution in [2.45, 2.75) is 43.6 Å². The zero-order valence-electron chi connectivity index (χ0n) is 16.9. The molecule has 0 bridgehead atoms. The first kappa shape index (κ1) is 19.3. The highest BCUT2D eigenvalue weighted by Gasteiger charge is 2.38. The van der Waals surface area contributed by atoms with Gasteiger partial charge in [-0.3, -0.25) is 4.79 Å². The van der Waals surface area contributed by atoms with Crippen molar-refractivity contribution in [1.29, 1.82) is 0 Å². The number of amides is 1. The van der Waals surface area contributed by atoms with E-state index < -0.39 is 0 Å². The van der Waals surface area contributed by atoms with Crippen LogP contribution in [0.25, 0.3) is 11.0 Å². The van der Waals surface area contributed by atoms with Crippen LogP contribution in [-0.4, -0.2) is 46.8 Å². The monoisotopic (exact) mass is 411 g/mol. The summed E-state index contributed by atoms with van der Waals surface area (Å²) in [4.78, 5) is 15.2. The minimum atomic E-state index is -0.324. The summed E-state index contributed by atoms with van der Waals surface area (Å²) >= 11 is 0. The molecule has 0 aliphatic carbocycles. The van der Waals surface area contributed by atoms with Crippen LogP contribution >= 0.6 is 0 Å². The fourth-order valence-electron chi connectivity index (χ4n) is 4.95. The van der Waals surface area contributed by atoms with E-state index in [9.17, 15) is 9.18 Å². The molecule has 0 saturated carbocycles. The fraction of sp³-hybridized carbons (Fsp3) is 0.478. The SMILES string of the molecule is O=C(CC1(n2cccc2)CCOCC1)N1CCC(c2noc3cc(F)ccc23)CC1. The van der Waals surface area contributed by atoms with Gasteiger partial charge in [-0.15, -0.1) is 0 Å². The maximum atomic E-state index is 13.4. The molecule has 5 rings (SSSR count). The smallest absolute Gasteiger partial charge is 0.224 e. The Morgan fingerprint density at radius 3 is 2.63 bits per heavy atom. The number of hydrogen-bond acceptors (Lipinski definition) is 4. The number of hydrogen-bond donors (Lipinski definition) is 0. The number of benzene rings is 1. The molecule has 0 radical (unpaired) electrons. The summed E-state index contributed by atoms with van der Waals surface area (Å²) in [7, 11) is 0. The molecule has 158 valence electrons. The van der Waals surface area contributed by atoms with Gasteiger partial charge in [-0.25, -0.2) is 4.39 Å². The van der Waals surface area contributed by atoms with Gasteiger partial charge in [0, 0.05) is 56.1 Å². The fourth-order valence-corrected chi connectivity index (χ4v) is 4.95. The van der Waals surface area contributed by atoms with Gasteiger partial charge in [0.1, 0.15) is 5.82 Å². The lowest BCUT2D eigenvalue weighted by molar-refractivity contribution is -0.136. The molecule has 6 nitrogen and oxygen atoms in total. The molecule has 4 heterocycles. The van der Waals surface area contributed by atoms with Gasteiger partial charge in [0.05, 0.1) is 17.7 Å². The number of aromatic nitrogens is 2. The highest BCUT2D eigenvalue weighted by atomic mass is 19.1. The lowest BCUT2D eigenvalue weighted by Crippen LogP contribution is -2.46. The van der Waals surface area contributed by atoms with Gasteiger partial charge in [-0.05, 0) is 49.9 Å². The minimum absolute atomic E-state index is 0.192. The number of nitrogens with zero attached hydrogens (tertiary/aromatic N) is 3. The van der Waals surface area contributed by atoms with Crippen LogP contribution in [0.3, 0.4) is 0 Å². The average Bonchev–Trinajstić information content (AvgIpc) is 3.45. The second kappa shape index (κ2) is 7.87. The molecule has 30 heavy (non-hydrogen) atoms. The molecule has 2 saturated heterocycles. The zero-order valence-corrected chi connectivity index (χ0v) is 16.9. The summed E-state index contributed by atoms with van der Waals surface area (Å²) in [5.41, 5.74) is 1.17. The van der Waals surface area contributed by atoms with Gasteiger partial charge in [0.15, 0.2) is 5.58 Å². The number of piperidine rings is 1. The predicted molar refractivity (Wildman–Crippen MR) is 110 cm³/mol. The quantitative estimate of drug-likeness (QED) is 0.649. The molecule has 2 aliphatic heterocycles. The van der Waals surface area contributed by atoms with Crippen molar-refractivity contribution in [1.82, 2.24) is 14.6 Å². The lowest BCUT2D eigenvalue weighted by Gasteiger charge is -2.40. The van der Waals surface area contributed by atoms with Gasteiger partial charge >= 0.3 is 0 Å². The van der Waals surface area contributed by atoms with E-state index >= 15 is 0 Å². The van der Waals surface area contributed by atoms with Crippen molar-refractivity contribution in [3.8, 4) is 0 Å². The van der Waals surface area contributed by atoms with Crippen molar-refractivity contribution in [3.05, 3.63) is 54.2 Å². The van der Waals surface area contributed by atoms with Gasteiger partial charge < -0.3 is 18.7 Å². The third kappa shape index (κ3) is 3.51. The molecule has 1 amide bonds. The molecular weight excluding hydrogens is 385 g/mol. The van der Waals surface area contributed by atoms with Crippen molar-refractivity contribution in [3.63, 3.8) is 0 Å². The molecule has 1 aromatic carbocycles. The topological polar surface area (TPSA) is 60.5 Å². The molecule has 2 aromatic heterocycles. The molecule has 2 aliphatic rings. The standard InChI is InChI=1S/C23H26FN3O3/c24-18-3-4-19-20(15-18)30-25-22(19)17-5-11-26(12-6-17)21(28)16-23(7-13-29-14-8-23)27-9-1-2-10-27/h1-4,9-10,15,17H,5-8,11-14,16H2. The molecule has 3 aromatic rings. The lowest BCUT2D eigenvalue weighted by atomic mass is 9.85. The Morgan fingerprint density at radius 1 is 1.17 bits per heavy atom. The Kier molecular flexibility index (Phi) is 5.06. The van der Waals surface area contributed by atoms with Crippen LogP contribution < -0.4 is 0 Å². The zero-order chi connectivity index (χ0) is 20.6. The van der Waals surface area contributed by atoms with E-state index in [1.54, 1.807) is 6.07 Å². The molecule has 0 spiro atoms. The Morgan fingerprint density at radius 2 is 1.90 bits per heavy atom. The second-order valence-electron chi connectivity index (χ2n) is 8.47. The van der Waals surface area contributed by atoms with Crippen LogP contribution in [0.5, 0.6) is 0 Å². The summed E-state index contributed by atoms with van der Waals surface area (Å²) in [6, 6.07) is 8.58. The van der Waals surface area contributed by atoms with E-state index in [4.69, 9.17) is 9.26 Å². The van der Waals surface area contributed by atoms with Crippen molar-refractivity contribution < 1.29 is 18.4 Å². The van der Waals surface area contributed by atoms with Gasteiger partial charge in [0.2, 0.25) is 5.91 Å². The maximum absolute atomic E-state index is 13.4. The Bertz CT molecular complexity index is 1020. The number of halogens is 1. The number of ether oxygens (including phenoxy) is 1. The summed E-state index contributed by atoms with van der Waals surface area (Å²) < 4.78 is 26.5. The number of likely N-dealkylation sites (tertiary alicyclic amines) is 1. The number of fused-ring (bicyclic) bond motifs is 1. The first-order valence-corrected chi connectivity index (χ1v) is 10.7. The maximum Gasteiger partial charge on any atom is 0.224 e. The Hall–Kier alpha value is -2.67. The van der Waals surface area contributed by atoms with E-state index in [0.29, 0.717) is 38.3 Å². The summed E-state index contributed by atoms with van der Waals surface area (Å²) in [6.07, 6.45) is 8.00. The molecule has 0 atom stereocenters. The van der Waals surface area contributed by atoms with E-state index in [2.05, 4.69) is 22.1 Å². The average molecular weight is 411 g/mol. The van der Waals surface area contributed by atoms with Gasteiger partial charge in [-0.1, -0.05) is 5.16 Å². The van der Waals surface area contributed by atoms with Crippen LogP contribution in [0.15, 0.2) is 47.2 Å². The number of rotatable bonds is 4. The first-order valence-electron chi connectivity index (χ1n) is 10.7. The van der Waals surface area contributed by atoms with E-state index in [0.717, 1.165) is 36.8 Å². The molecule has 7 heteroatoms. The van der Waals surface area contributed by atoms with Crippen molar-refractivity contribution >= 4 is 16.9 Å². The van der Waals surface area contributed by atoms with E-state index in [1.807, 2.05) is 17.0 Å².